The van der Waals surface area contributed by atoms with E-state index in [1.165, 1.54) is 24.9 Å². The Morgan fingerprint density at radius 1 is 1.23 bits per heavy atom. The van der Waals surface area contributed by atoms with Gasteiger partial charge in [-0.3, -0.25) is 9.69 Å². The van der Waals surface area contributed by atoms with Crippen molar-refractivity contribution in [1.82, 2.24) is 15.2 Å². The van der Waals surface area contributed by atoms with Crippen molar-refractivity contribution < 1.29 is 9.90 Å². The van der Waals surface area contributed by atoms with Crippen molar-refractivity contribution in [2.45, 2.75) is 76.6 Å². The van der Waals surface area contributed by atoms with Gasteiger partial charge in [0, 0.05) is 30.4 Å². The van der Waals surface area contributed by atoms with Gasteiger partial charge in [0.15, 0.2) is 0 Å². The maximum atomic E-state index is 12.9. The molecule has 1 aliphatic carbocycles. The third-order valence-electron chi connectivity index (χ3n) is 6.92. The number of benzene rings is 1. The van der Waals surface area contributed by atoms with E-state index in [2.05, 4.69) is 46.4 Å². The molecular formula is C25H34N4O2. The number of pyridine rings is 1. The van der Waals surface area contributed by atoms with Gasteiger partial charge < -0.3 is 16.2 Å². The molecule has 2 aliphatic rings. The normalized spacial score (nSPS) is 26.7. The molecule has 4 rings (SSSR count). The van der Waals surface area contributed by atoms with Crippen LogP contribution in [0.3, 0.4) is 0 Å². The lowest BCUT2D eigenvalue weighted by Crippen LogP contribution is -2.42. The van der Waals surface area contributed by atoms with Crippen LogP contribution in [-0.2, 0) is 6.54 Å². The number of aromatic nitrogens is 1. The maximum Gasteiger partial charge on any atom is 0.255 e. The van der Waals surface area contributed by atoms with Gasteiger partial charge in [0.2, 0.25) is 0 Å². The van der Waals surface area contributed by atoms with Crippen LogP contribution < -0.4 is 11.1 Å². The molecule has 1 unspecified atom stereocenters. The molecule has 1 aromatic carbocycles. The summed E-state index contributed by atoms with van der Waals surface area (Å²) in [6.07, 6.45) is 7.19. The minimum absolute atomic E-state index is 0.0584. The predicted octanol–water partition coefficient (Wildman–Crippen LogP) is 3.74. The Morgan fingerprint density at radius 2 is 1.94 bits per heavy atom. The van der Waals surface area contributed by atoms with Crippen LogP contribution in [0.15, 0.2) is 36.5 Å². The van der Waals surface area contributed by atoms with Gasteiger partial charge in [-0.25, -0.2) is 4.98 Å². The summed E-state index contributed by atoms with van der Waals surface area (Å²) >= 11 is 0. The first-order chi connectivity index (χ1) is 14.8. The van der Waals surface area contributed by atoms with Crippen LogP contribution in [0.4, 0.5) is 5.82 Å². The topological polar surface area (TPSA) is 91.5 Å². The number of carbonyl (C=O) groups is 1. The molecular weight excluding hydrogens is 388 g/mol. The zero-order chi connectivity index (χ0) is 22.0. The van der Waals surface area contributed by atoms with Crippen molar-refractivity contribution in [1.29, 1.82) is 0 Å². The van der Waals surface area contributed by atoms with Crippen LogP contribution in [0.2, 0.25) is 0 Å². The van der Waals surface area contributed by atoms with Crippen molar-refractivity contribution in [2.24, 2.45) is 0 Å². The maximum absolute atomic E-state index is 12.9. The van der Waals surface area contributed by atoms with Gasteiger partial charge >= 0.3 is 0 Å². The van der Waals surface area contributed by atoms with E-state index in [0.29, 0.717) is 24.4 Å². The lowest BCUT2D eigenvalue weighted by atomic mass is 9.83. The molecule has 166 valence electrons. The molecule has 2 aromatic rings. The quantitative estimate of drug-likeness (QED) is 0.683. The first-order valence-electron chi connectivity index (χ1n) is 11.4. The van der Waals surface area contributed by atoms with Gasteiger partial charge in [-0.05, 0) is 76.1 Å². The number of nitrogens with one attached hydrogen (secondary N) is 1. The van der Waals surface area contributed by atoms with E-state index in [9.17, 15) is 9.90 Å². The van der Waals surface area contributed by atoms with E-state index >= 15 is 0 Å². The standard InChI is InChI=1S/C25H34N4O2/c1-17-4-3-13-29(17)16-18-5-7-19(8-6-18)20-14-22(23(26)27-15-20)24(30)28-21-9-11-25(2,31)12-10-21/h5-8,14-15,17,21,31H,3-4,9-13,16H2,1-2H3,(H2,26,27)(H,28,30). The number of amides is 1. The zero-order valence-corrected chi connectivity index (χ0v) is 18.6. The van der Waals surface area contributed by atoms with E-state index in [-0.39, 0.29) is 17.8 Å². The molecule has 2 fully saturated rings. The molecule has 1 amide bonds. The summed E-state index contributed by atoms with van der Waals surface area (Å²) in [5.74, 6) is 0.0433. The minimum Gasteiger partial charge on any atom is -0.390 e. The van der Waals surface area contributed by atoms with Gasteiger partial charge in [-0.2, -0.15) is 0 Å². The Morgan fingerprint density at radius 3 is 2.58 bits per heavy atom. The molecule has 6 heteroatoms. The highest BCUT2D eigenvalue weighted by Gasteiger charge is 2.30. The summed E-state index contributed by atoms with van der Waals surface area (Å²) in [5, 5.41) is 13.2. The van der Waals surface area contributed by atoms with Crippen molar-refractivity contribution in [3.8, 4) is 11.1 Å². The molecule has 1 aliphatic heterocycles. The Hall–Kier alpha value is -2.44. The van der Waals surface area contributed by atoms with Crippen LogP contribution in [0, 0.1) is 0 Å². The van der Waals surface area contributed by atoms with E-state index < -0.39 is 5.60 Å². The number of likely N-dealkylation sites (tertiary alicyclic amines) is 1. The second kappa shape index (κ2) is 8.97. The zero-order valence-electron chi connectivity index (χ0n) is 18.6. The van der Waals surface area contributed by atoms with Gasteiger partial charge in [0.1, 0.15) is 5.82 Å². The van der Waals surface area contributed by atoms with Crippen LogP contribution in [-0.4, -0.2) is 45.1 Å². The summed E-state index contributed by atoms with van der Waals surface area (Å²) in [6.45, 7) is 6.29. The third kappa shape index (κ3) is 5.25. The van der Waals surface area contributed by atoms with Crippen molar-refractivity contribution >= 4 is 11.7 Å². The highest BCUT2D eigenvalue weighted by molar-refractivity contribution is 5.99. The summed E-state index contributed by atoms with van der Waals surface area (Å²) < 4.78 is 0. The summed E-state index contributed by atoms with van der Waals surface area (Å²) in [6, 6.07) is 11.0. The Bertz CT molecular complexity index is 916. The van der Waals surface area contributed by atoms with Crippen LogP contribution in [0.25, 0.3) is 11.1 Å². The van der Waals surface area contributed by atoms with Crippen molar-refractivity contribution in [2.75, 3.05) is 12.3 Å². The second-order valence-corrected chi connectivity index (χ2v) is 9.56. The largest absolute Gasteiger partial charge is 0.390 e. The molecule has 0 spiro atoms. The van der Waals surface area contributed by atoms with Crippen LogP contribution >= 0.6 is 0 Å². The number of aliphatic hydroxyl groups is 1. The number of rotatable bonds is 5. The Kier molecular flexibility index (Phi) is 6.30. The van der Waals surface area contributed by atoms with Gasteiger partial charge in [0.25, 0.3) is 5.91 Å². The minimum atomic E-state index is -0.624. The fourth-order valence-electron chi connectivity index (χ4n) is 4.73. The van der Waals surface area contributed by atoms with E-state index in [1.807, 2.05) is 13.0 Å². The first kappa shape index (κ1) is 21.8. The van der Waals surface area contributed by atoms with Crippen LogP contribution in [0.1, 0.15) is 68.3 Å². The van der Waals surface area contributed by atoms with Gasteiger partial charge in [-0.1, -0.05) is 24.3 Å². The molecule has 2 heterocycles. The lowest BCUT2D eigenvalue weighted by Gasteiger charge is -2.33. The van der Waals surface area contributed by atoms with E-state index in [1.54, 1.807) is 6.20 Å². The van der Waals surface area contributed by atoms with Crippen LogP contribution in [0.5, 0.6) is 0 Å². The summed E-state index contributed by atoms with van der Waals surface area (Å²) in [7, 11) is 0. The van der Waals surface area contributed by atoms with E-state index in [0.717, 1.165) is 30.5 Å². The molecule has 1 atom stereocenters. The molecule has 0 radical (unpaired) electrons. The molecule has 1 aromatic heterocycles. The Labute approximate surface area is 184 Å². The van der Waals surface area contributed by atoms with Gasteiger partial charge in [-0.15, -0.1) is 0 Å². The molecule has 0 bridgehead atoms. The molecule has 1 saturated heterocycles. The fraction of sp³-hybridized carbons (Fsp3) is 0.520. The Balaban J connectivity index is 1.44. The summed E-state index contributed by atoms with van der Waals surface area (Å²) in [4.78, 5) is 19.7. The van der Waals surface area contributed by atoms with Crippen molar-refractivity contribution in [3.63, 3.8) is 0 Å². The smallest absolute Gasteiger partial charge is 0.255 e. The second-order valence-electron chi connectivity index (χ2n) is 9.56. The average Bonchev–Trinajstić information content (AvgIpc) is 3.15. The highest BCUT2D eigenvalue weighted by atomic mass is 16.3. The number of carbonyl (C=O) groups excluding carboxylic acids is 1. The van der Waals surface area contributed by atoms with Gasteiger partial charge in [0.05, 0.1) is 11.2 Å². The number of anilines is 1. The predicted molar refractivity (Wildman–Crippen MR) is 124 cm³/mol. The van der Waals surface area contributed by atoms with Crippen molar-refractivity contribution in [3.05, 3.63) is 47.7 Å². The molecule has 4 N–H and O–H groups in total. The number of nitrogen functional groups attached to an aromatic ring is 1. The number of hydrogen-bond acceptors (Lipinski definition) is 5. The highest BCUT2D eigenvalue weighted by Crippen LogP contribution is 2.29. The fourth-order valence-corrected chi connectivity index (χ4v) is 4.73. The van der Waals surface area contributed by atoms with E-state index in [4.69, 9.17) is 5.73 Å². The monoisotopic (exact) mass is 422 g/mol. The third-order valence-corrected chi connectivity index (χ3v) is 6.92. The number of nitrogens with zero attached hydrogens (tertiary/aromatic N) is 2. The molecule has 6 nitrogen and oxygen atoms in total. The molecule has 31 heavy (non-hydrogen) atoms. The number of nitrogens with two attached hydrogens (primary N) is 1. The molecule has 1 saturated carbocycles. The first-order valence-corrected chi connectivity index (χ1v) is 11.4. The summed E-state index contributed by atoms with van der Waals surface area (Å²) in [5.41, 5.74) is 9.01. The lowest BCUT2D eigenvalue weighted by molar-refractivity contribution is 0.0140. The average molecular weight is 423 g/mol. The SMILES string of the molecule is CC1CCCN1Cc1ccc(-c2cnc(N)c(C(=O)NC3CCC(C)(O)CC3)c2)cc1. The number of hydrogen-bond donors (Lipinski definition) is 3.